The first kappa shape index (κ1) is 24.6. The maximum absolute atomic E-state index is 12.6. The van der Waals surface area contributed by atoms with Crippen molar-refractivity contribution in [2.24, 2.45) is 13.0 Å². The van der Waals surface area contributed by atoms with Gasteiger partial charge in [0, 0.05) is 24.5 Å². The fourth-order valence-corrected chi connectivity index (χ4v) is 5.45. The summed E-state index contributed by atoms with van der Waals surface area (Å²) < 4.78 is 12.5. The van der Waals surface area contributed by atoms with Crippen LogP contribution in [0, 0.1) is 5.92 Å². The summed E-state index contributed by atoms with van der Waals surface area (Å²) in [4.78, 5) is 29.9. The Morgan fingerprint density at radius 3 is 2.97 bits per heavy atom. The Morgan fingerprint density at radius 1 is 1.34 bits per heavy atom. The second-order valence-corrected chi connectivity index (χ2v) is 9.84. The number of fused-ring (bicyclic) bond motifs is 1. The van der Waals surface area contributed by atoms with Crippen molar-refractivity contribution < 1.29 is 19.1 Å². The summed E-state index contributed by atoms with van der Waals surface area (Å²) in [5.74, 6) is 0.933. The fourth-order valence-electron chi connectivity index (χ4n) is 4.15. The second-order valence-electron chi connectivity index (χ2n) is 8.74. The normalized spacial score (nSPS) is 14.7. The van der Waals surface area contributed by atoms with E-state index in [-0.39, 0.29) is 11.8 Å². The summed E-state index contributed by atoms with van der Waals surface area (Å²) in [6.07, 6.45) is 6.53. The van der Waals surface area contributed by atoms with Gasteiger partial charge in [-0.15, -0.1) is 11.3 Å². The molecule has 35 heavy (non-hydrogen) atoms. The Morgan fingerprint density at radius 2 is 2.20 bits per heavy atom. The summed E-state index contributed by atoms with van der Waals surface area (Å²) in [5, 5.41) is 6.42. The molecular weight excluding hydrogens is 466 g/mol. The van der Waals surface area contributed by atoms with E-state index in [4.69, 9.17) is 15.2 Å². The molecule has 2 aromatic heterocycles. The molecule has 1 aromatic carbocycles. The van der Waals surface area contributed by atoms with Gasteiger partial charge in [-0.05, 0) is 54.9 Å². The molecule has 3 aromatic rings. The van der Waals surface area contributed by atoms with Gasteiger partial charge >= 0.3 is 6.09 Å². The third-order valence-electron chi connectivity index (χ3n) is 6.06. The third kappa shape index (κ3) is 6.54. The molecule has 0 fully saturated rings. The number of nitrogens with two attached hydrogens (primary N) is 1. The molecule has 4 rings (SSSR count). The molecule has 0 bridgehead atoms. The Balaban J connectivity index is 1.24. The second kappa shape index (κ2) is 11.3. The van der Waals surface area contributed by atoms with Crippen LogP contribution in [0.3, 0.4) is 0 Å². The maximum atomic E-state index is 12.6. The number of aromatic nitrogens is 2. The maximum Gasteiger partial charge on any atom is 0.407 e. The van der Waals surface area contributed by atoms with Gasteiger partial charge in [-0.2, -0.15) is 0 Å². The van der Waals surface area contributed by atoms with Crippen LogP contribution in [0.5, 0.6) is 5.75 Å². The number of carbonyl (C=O) groups excluding carboxylic acids is 2. The Labute approximate surface area is 208 Å². The van der Waals surface area contributed by atoms with Gasteiger partial charge in [0.15, 0.2) is 0 Å². The van der Waals surface area contributed by atoms with Crippen LogP contribution in [-0.4, -0.2) is 35.3 Å². The van der Waals surface area contributed by atoms with E-state index in [0.29, 0.717) is 36.7 Å². The fraction of sp³-hybridized carbons (Fsp3) is 0.400. The number of ether oxygens (including phenoxy) is 2. The molecule has 0 aliphatic heterocycles. The molecule has 2 amide bonds. The monoisotopic (exact) mass is 497 g/mol. The molecular formula is C25H31N5O4S. The summed E-state index contributed by atoms with van der Waals surface area (Å²) >= 11 is 1.52. The van der Waals surface area contributed by atoms with Crippen LogP contribution in [0.1, 0.15) is 34.5 Å². The number of carbonyl (C=O) groups is 2. The van der Waals surface area contributed by atoms with E-state index in [1.165, 1.54) is 11.3 Å². The van der Waals surface area contributed by atoms with Crippen molar-refractivity contribution in [3.63, 3.8) is 0 Å². The van der Waals surface area contributed by atoms with Gasteiger partial charge in [-0.3, -0.25) is 4.79 Å². The molecule has 0 spiro atoms. The number of methoxy groups -OCH3 is 1. The van der Waals surface area contributed by atoms with E-state index < -0.39 is 6.09 Å². The quantitative estimate of drug-likeness (QED) is 0.415. The van der Waals surface area contributed by atoms with Crippen LogP contribution < -0.4 is 21.1 Å². The largest absolute Gasteiger partial charge is 0.497 e. The number of amides is 2. The average Bonchev–Trinajstić information content (AvgIpc) is 3.42. The topological polar surface area (TPSA) is 121 Å². The van der Waals surface area contributed by atoms with Gasteiger partial charge in [0.05, 0.1) is 38.0 Å². The number of hydrogen-bond donors (Lipinski definition) is 3. The number of nitrogens with one attached hydrogen (secondary N) is 2. The minimum atomic E-state index is -0.448. The number of hydrogen-bond acceptors (Lipinski definition) is 7. The lowest BCUT2D eigenvalue weighted by molar-refractivity contribution is -0.116. The molecule has 10 heteroatoms. The smallest absolute Gasteiger partial charge is 0.407 e. The van der Waals surface area contributed by atoms with Crippen LogP contribution >= 0.6 is 11.3 Å². The molecule has 0 saturated carbocycles. The Kier molecular flexibility index (Phi) is 7.91. The zero-order valence-corrected chi connectivity index (χ0v) is 20.8. The van der Waals surface area contributed by atoms with Crippen LogP contribution in [0.2, 0.25) is 0 Å². The van der Waals surface area contributed by atoms with E-state index >= 15 is 0 Å². The summed E-state index contributed by atoms with van der Waals surface area (Å²) in [6, 6.07) is 7.72. The molecule has 1 aliphatic rings. The minimum Gasteiger partial charge on any atom is -0.497 e. The molecule has 1 unspecified atom stereocenters. The van der Waals surface area contributed by atoms with Crippen molar-refractivity contribution in [1.82, 2.24) is 14.9 Å². The molecule has 0 radical (unpaired) electrons. The van der Waals surface area contributed by atoms with Crippen LogP contribution in [0.15, 0.2) is 36.8 Å². The Hall–Kier alpha value is -3.53. The highest BCUT2D eigenvalue weighted by Crippen LogP contribution is 2.41. The minimum absolute atomic E-state index is 0.0671. The van der Waals surface area contributed by atoms with Gasteiger partial charge in [0.25, 0.3) is 0 Å². The molecule has 9 nitrogen and oxygen atoms in total. The molecule has 186 valence electrons. The van der Waals surface area contributed by atoms with Crippen molar-refractivity contribution in [3.05, 3.63) is 58.5 Å². The van der Waals surface area contributed by atoms with Gasteiger partial charge in [0.2, 0.25) is 5.91 Å². The summed E-state index contributed by atoms with van der Waals surface area (Å²) in [5.41, 5.74) is 9.95. The number of rotatable bonds is 9. The number of nitrogen functional groups attached to an aromatic ring is 1. The van der Waals surface area contributed by atoms with Crippen molar-refractivity contribution in [1.29, 1.82) is 0 Å². The lowest BCUT2D eigenvalue weighted by Gasteiger charge is -2.22. The molecule has 4 N–H and O–H groups in total. The van der Waals surface area contributed by atoms with Gasteiger partial charge < -0.3 is 30.4 Å². The van der Waals surface area contributed by atoms with Gasteiger partial charge in [-0.25, -0.2) is 9.78 Å². The lowest BCUT2D eigenvalue weighted by Crippen LogP contribution is -2.27. The van der Waals surface area contributed by atoms with Crippen LogP contribution in [0.25, 0.3) is 0 Å². The first-order chi connectivity index (χ1) is 16.9. The average molecular weight is 498 g/mol. The number of nitrogens with zero attached hydrogens (tertiary/aromatic N) is 2. The lowest BCUT2D eigenvalue weighted by atomic mass is 9.89. The zero-order chi connectivity index (χ0) is 24.8. The standard InChI is InChI=1S/C25H31N5O4S/c1-30-13-18(28-15-30)12-27-25(32)34-14-17-6-8-20-21(11-17)35-24(23(20)26)29-22(31)9-7-16-4-3-5-19(10-16)33-2/h3-5,10,13,15,17H,6-9,11-12,14,26H2,1-2H3,(H,27,32)(H,29,31). The van der Waals surface area contributed by atoms with Gasteiger partial charge in [-0.1, -0.05) is 12.1 Å². The predicted octanol–water partition coefficient (Wildman–Crippen LogP) is 3.68. The van der Waals surface area contributed by atoms with Crippen LogP contribution in [0.4, 0.5) is 15.5 Å². The molecule has 1 atom stereocenters. The predicted molar refractivity (Wildman–Crippen MR) is 136 cm³/mol. The van der Waals surface area contributed by atoms with E-state index in [2.05, 4.69) is 15.6 Å². The van der Waals surface area contributed by atoms with Gasteiger partial charge in [0.1, 0.15) is 10.8 Å². The Bertz CT molecular complexity index is 1190. The van der Waals surface area contributed by atoms with E-state index in [1.807, 2.05) is 42.1 Å². The van der Waals surface area contributed by atoms with E-state index in [0.717, 1.165) is 46.7 Å². The van der Waals surface area contributed by atoms with Crippen molar-refractivity contribution in [2.45, 2.75) is 38.6 Å². The number of imidazole rings is 1. The van der Waals surface area contributed by atoms with E-state index in [1.54, 1.807) is 13.4 Å². The van der Waals surface area contributed by atoms with Crippen LogP contribution in [-0.2, 0) is 42.4 Å². The first-order valence-electron chi connectivity index (χ1n) is 11.6. The number of alkyl carbamates (subject to hydrolysis) is 1. The first-order valence-corrected chi connectivity index (χ1v) is 12.4. The number of thiophene rings is 1. The van der Waals surface area contributed by atoms with Crippen molar-refractivity contribution >= 4 is 34.0 Å². The number of anilines is 2. The summed E-state index contributed by atoms with van der Waals surface area (Å²) in [7, 11) is 3.51. The molecule has 1 aliphatic carbocycles. The summed E-state index contributed by atoms with van der Waals surface area (Å²) in [6.45, 7) is 0.671. The number of aryl methyl sites for hydroxylation is 2. The zero-order valence-electron chi connectivity index (χ0n) is 20.0. The highest BCUT2D eigenvalue weighted by atomic mass is 32.1. The SMILES string of the molecule is COc1cccc(CCC(=O)Nc2sc3c(c2N)CCC(COC(=O)NCc2cn(C)cn2)C3)c1. The van der Waals surface area contributed by atoms with Crippen molar-refractivity contribution in [3.8, 4) is 5.75 Å². The molecule has 0 saturated heterocycles. The molecule has 2 heterocycles. The highest BCUT2D eigenvalue weighted by Gasteiger charge is 2.26. The number of benzene rings is 1. The highest BCUT2D eigenvalue weighted by molar-refractivity contribution is 7.17. The third-order valence-corrected chi connectivity index (χ3v) is 7.24. The van der Waals surface area contributed by atoms with Crippen molar-refractivity contribution in [2.75, 3.05) is 24.8 Å². The van der Waals surface area contributed by atoms with E-state index in [9.17, 15) is 9.59 Å².